The number of aromatic nitrogens is 1. The molecule has 29 heavy (non-hydrogen) atoms. The Kier molecular flexibility index (Phi) is 8.74. The summed E-state index contributed by atoms with van der Waals surface area (Å²) in [7, 11) is 3.61. The molecule has 1 aliphatic carbocycles. The topological polar surface area (TPSA) is 42.4 Å². The van der Waals surface area contributed by atoms with Gasteiger partial charge < -0.3 is 9.64 Å². The van der Waals surface area contributed by atoms with Gasteiger partial charge in [0.05, 0.1) is 12.9 Å². The Morgan fingerprint density at radius 1 is 1.17 bits per heavy atom. The van der Waals surface area contributed by atoms with E-state index in [2.05, 4.69) is 17.1 Å². The minimum absolute atomic E-state index is 0.210. The number of carbonyl (C=O) groups is 1. The monoisotopic (exact) mass is 430 g/mol. The van der Waals surface area contributed by atoms with Gasteiger partial charge in [0.25, 0.3) is 0 Å². The fourth-order valence-electron chi connectivity index (χ4n) is 3.48. The molecule has 1 amide bonds. The average Bonchev–Trinajstić information content (AvgIpc) is 2.77. The highest BCUT2D eigenvalue weighted by molar-refractivity contribution is 8.04. The van der Waals surface area contributed by atoms with E-state index >= 15 is 0 Å². The minimum atomic E-state index is 0.210. The van der Waals surface area contributed by atoms with Crippen LogP contribution in [-0.2, 0) is 11.2 Å². The summed E-state index contributed by atoms with van der Waals surface area (Å²) in [5.41, 5.74) is 1.03. The minimum Gasteiger partial charge on any atom is -0.497 e. The maximum absolute atomic E-state index is 12.6. The van der Waals surface area contributed by atoms with Crippen molar-refractivity contribution in [3.8, 4) is 5.75 Å². The second-order valence-electron chi connectivity index (χ2n) is 7.36. The lowest BCUT2D eigenvalue weighted by Gasteiger charge is -2.31. The number of nitrogens with zero attached hydrogens (tertiary/aromatic N) is 2. The van der Waals surface area contributed by atoms with Crippen molar-refractivity contribution in [2.45, 2.75) is 47.5 Å². The summed E-state index contributed by atoms with van der Waals surface area (Å²) >= 11 is 3.77. The highest BCUT2D eigenvalue weighted by Gasteiger charge is 2.27. The lowest BCUT2D eigenvalue weighted by Crippen LogP contribution is -2.32. The highest BCUT2D eigenvalue weighted by Crippen LogP contribution is 2.40. The average molecular weight is 431 g/mol. The van der Waals surface area contributed by atoms with Crippen molar-refractivity contribution >= 4 is 29.4 Å². The van der Waals surface area contributed by atoms with E-state index in [0.717, 1.165) is 17.9 Å². The quantitative estimate of drug-likeness (QED) is 0.564. The van der Waals surface area contributed by atoms with Crippen LogP contribution in [0.15, 0.2) is 53.6 Å². The third-order valence-electron chi connectivity index (χ3n) is 5.25. The summed E-state index contributed by atoms with van der Waals surface area (Å²) in [6, 6.07) is 14.2. The fraction of sp³-hybridized carbons (Fsp3) is 0.478. The van der Waals surface area contributed by atoms with Gasteiger partial charge in [-0.1, -0.05) is 25.0 Å². The molecule has 0 N–H and O–H groups in total. The molecule has 4 nitrogen and oxygen atoms in total. The van der Waals surface area contributed by atoms with Crippen molar-refractivity contribution in [2.24, 2.45) is 0 Å². The van der Waals surface area contributed by atoms with Gasteiger partial charge in [0.2, 0.25) is 5.91 Å². The maximum atomic E-state index is 12.6. The normalized spacial score (nSPS) is 19.0. The maximum Gasteiger partial charge on any atom is 0.232 e. The van der Waals surface area contributed by atoms with Gasteiger partial charge in [-0.3, -0.25) is 9.78 Å². The molecule has 1 fully saturated rings. The third kappa shape index (κ3) is 6.96. The molecule has 2 atom stereocenters. The van der Waals surface area contributed by atoms with Crippen LogP contribution in [0.25, 0.3) is 0 Å². The first-order chi connectivity index (χ1) is 14.2. The summed E-state index contributed by atoms with van der Waals surface area (Å²) in [4.78, 5) is 20.0. The van der Waals surface area contributed by atoms with E-state index < -0.39 is 0 Å². The molecule has 0 bridgehead atoms. The van der Waals surface area contributed by atoms with E-state index in [1.54, 1.807) is 13.3 Å². The number of amides is 1. The Labute approximate surface area is 182 Å². The molecule has 1 aromatic heterocycles. The van der Waals surface area contributed by atoms with Crippen LogP contribution in [0.3, 0.4) is 0 Å². The van der Waals surface area contributed by atoms with Crippen molar-refractivity contribution in [2.75, 3.05) is 26.5 Å². The number of pyridine rings is 1. The molecule has 1 aliphatic rings. The van der Waals surface area contributed by atoms with Crippen molar-refractivity contribution in [1.29, 1.82) is 0 Å². The van der Waals surface area contributed by atoms with E-state index in [-0.39, 0.29) is 5.91 Å². The number of thioether (sulfide) groups is 2. The molecule has 0 saturated heterocycles. The predicted octanol–water partition coefficient (Wildman–Crippen LogP) is 4.93. The number of methoxy groups -OCH3 is 1. The van der Waals surface area contributed by atoms with Crippen LogP contribution in [0.4, 0.5) is 0 Å². The first kappa shape index (κ1) is 22.0. The van der Waals surface area contributed by atoms with Gasteiger partial charge >= 0.3 is 0 Å². The highest BCUT2D eigenvalue weighted by atomic mass is 32.2. The Balaban J connectivity index is 1.48. The number of carbonyl (C=O) groups excluding carboxylic acids is 1. The zero-order valence-corrected chi connectivity index (χ0v) is 18.9. The summed E-state index contributed by atoms with van der Waals surface area (Å²) in [5, 5.41) is 1.07. The molecule has 0 unspecified atom stereocenters. The van der Waals surface area contributed by atoms with Crippen molar-refractivity contribution in [3.05, 3.63) is 54.4 Å². The van der Waals surface area contributed by atoms with Gasteiger partial charge in [0, 0.05) is 47.3 Å². The van der Waals surface area contributed by atoms with Crippen LogP contribution in [0.5, 0.6) is 5.75 Å². The first-order valence-electron chi connectivity index (χ1n) is 10.2. The van der Waals surface area contributed by atoms with Crippen LogP contribution in [0.1, 0.15) is 31.4 Å². The summed E-state index contributed by atoms with van der Waals surface area (Å²) in [6.45, 7) is 0.711. The third-order valence-corrected chi connectivity index (χ3v) is 8.22. The number of likely N-dealkylation sites (N-methyl/N-ethyl adjacent to an activating group) is 1. The van der Waals surface area contributed by atoms with Crippen molar-refractivity contribution in [1.82, 2.24) is 9.88 Å². The van der Waals surface area contributed by atoms with Gasteiger partial charge in [-0.25, -0.2) is 0 Å². The lowest BCUT2D eigenvalue weighted by atomic mass is 10.00. The molecule has 1 heterocycles. The van der Waals surface area contributed by atoms with Gasteiger partial charge in [0.15, 0.2) is 0 Å². The van der Waals surface area contributed by atoms with Crippen molar-refractivity contribution in [3.63, 3.8) is 0 Å². The zero-order chi connectivity index (χ0) is 20.5. The SMILES string of the molecule is COc1cccc(S[C@@H]2CCCC[C@H]2SCC(=O)N(C)CCc2ccccn2)c1. The van der Waals surface area contributed by atoms with Crippen LogP contribution in [0, 0.1) is 0 Å². The van der Waals surface area contributed by atoms with Gasteiger partial charge in [-0.05, 0) is 43.2 Å². The smallest absolute Gasteiger partial charge is 0.232 e. The Morgan fingerprint density at radius 2 is 2.00 bits per heavy atom. The standard InChI is InChI=1S/C23H30N2O2S2/c1-25(15-13-18-8-5-6-14-24-18)23(26)17-28-21-11-3-4-12-22(21)29-20-10-7-9-19(16-20)27-2/h5-10,14,16,21-22H,3-4,11-13,15,17H2,1-2H3/t21-,22-/m1/s1. The Bertz CT molecular complexity index is 772. The van der Waals surface area contributed by atoms with E-state index in [0.29, 0.717) is 22.8 Å². The molecule has 1 saturated carbocycles. The molecule has 2 aromatic rings. The molecule has 0 radical (unpaired) electrons. The lowest BCUT2D eigenvalue weighted by molar-refractivity contribution is -0.127. The van der Waals surface area contributed by atoms with E-state index in [1.807, 2.05) is 65.8 Å². The van der Waals surface area contributed by atoms with Crippen LogP contribution in [0.2, 0.25) is 0 Å². The van der Waals surface area contributed by atoms with Gasteiger partial charge in [0.1, 0.15) is 5.75 Å². The molecule has 1 aromatic carbocycles. The molecular weight excluding hydrogens is 400 g/mol. The van der Waals surface area contributed by atoms with Crippen LogP contribution >= 0.6 is 23.5 Å². The molecule has 3 rings (SSSR count). The molecule has 156 valence electrons. The number of benzene rings is 1. The van der Waals surface area contributed by atoms with E-state index in [9.17, 15) is 4.79 Å². The first-order valence-corrected chi connectivity index (χ1v) is 12.1. The fourth-order valence-corrected chi connectivity index (χ4v) is 6.41. The van der Waals surface area contributed by atoms with E-state index in [1.165, 1.54) is 30.6 Å². The molecule has 0 spiro atoms. The molecular formula is C23H30N2O2S2. The summed E-state index contributed by atoms with van der Waals surface area (Å²) < 4.78 is 5.36. The zero-order valence-electron chi connectivity index (χ0n) is 17.3. The molecule has 6 heteroatoms. The van der Waals surface area contributed by atoms with Gasteiger partial charge in [-0.2, -0.15) is 0 Å². The molecule has 0 aliphatic heterocycles. The number of hydrogen-bond donors (Lipinski definition) is 0. The summed E-state index contributed by atoms with van der Waals surface area (Å²) in [6.07, 6.45) is 7.54. The van der Waals surface area contributed by atoms with Gasteiger partial charge in [-0.15, -0.1) is 23.5 Å². The number of rotatable bonds is 9. The van der Waals surface area contributed by atoms with Crippen LogP contribution < -0.4 is 4.74 Å². The second-order valence-corrected chi connectivity index (χ2v) is 9.90. The Morgan fingerprint density at radius 3 is 2.76 bits per heavy atom. The number of hydrogen-bond acceptors (Lipinski definition) is 5. The predicted molar refractivity (Wildman–Crippen MR) is 123 cm³/mol. The summed E-state index contributed by atoms with van der Waals surface area (Å²) in [5.74, 6) is 1.67. The van der Waals surface area contributed by atoms with Crippen LogP contribution in [-0.4, -0.2) is 52.7 Å². The largest absolute Gasteiger partial charge is 0.497 e. The Hall–Kier alpha value is -1.66. The van der Waals surface area contributed by atoms with Crippen molar-refractivity contribution < 1.29 is 9.53 Å². The number of ether oxygens (including phenoxy) is 1. The van der Waals surface area contributed by atoms with E-state index in [4.69, 9.17) is 4.74 Å². The second kappa shape index (κ2) is 11.5.